The van der Waals surface area contributed by atoms with Gasteiger partial charge in [0.05, 0.1) is 34.8 Å². The van der Waals surface area contributed by atoms with Gasteiger partial charge in [0.2, 0.25) is 5.62 Å². The highest BCUT2D eigenvalue weighted by Crippen LogP contribution is 2.54. The molecule has 1 aliphatic heterocycles. The van der Waals surface area contributed by atoms with Crippen LogP contribution < -0.4 is 10.4 Å². The average molecular weight is 546 g/mol. The van der Waals surface area contributed by atoms with Gasteiger partial charge in [-0.25, -0.2) is 0 Å². The van der Waals surface area contributed by atoms with Gasteiger partial charge in [0.15, 0.2) is 5.78 Å². The number of thioether (sulfide) groups is 2. The maximum absolute atomic E-state index is 14.0. The monoisotopic (exact) mass is 545 g/mol. The molecule has 7 heteroatoms. The van der Waals surface area contributed by atoms with Crippen LogP contribution in [0.3, 0.4) is 0 Å². The van der Waals surface area contributed by atoms with Gasteiger partial charge in [-0.1, -0.05) is 63.2 Å². The van der Waals surface area contributed by atoms with Crippen molar-refractivity contribution in [2.45, 2.75) is 49.8 Å². The summed E-state index contributed by atoms with van der Waals surface area (Å²) in [5, 5.41) is 9.04. The van der Waals surface area contributed by atoms with Crippen LogP contribution in [0.15, 0.2) is 66.7 Å². The minimum Gasteiger partial charge on any atom is -0.493 e. The highest BCUT2D eigenvalue weighted by Gasteiger charge is 2.40. The van der Waals surface area contributed by atoms with Crippen LogP contribution in [0.4, 0.5) is 0 Å². The first-order valence-electron chi connectivity index (χ1n) is 12.9. The maximum atomic E-state index is 14.0. The Balaban J connectivity index is 1.60. The first kappa shape index (κ1) is 26.7. The summed E-state index contributed by atoms with van der Waals surface area (Å²) in [5.41, 5.74) is 5.95. The summed E-state index contributed by atoms with van der Waals surface area (Å²) >= 11 is 3.64. The number of carbonyl (C=O) groups is 1. The predicted molar refractivity (Wildman–Crippen MR) is 160 cm³/mol. The Morgan fingerprint density at radius 3 is 2.24 bits per heavy atom. The van der Waals surface area contributed by atoms with Gasteiger partial charge in [-0.05, 0) is 47.8 Å². The number of hydrogen-bond acceptors (Lipinski definition) is 5. The minimum absolute atomic E-state index is 0.00101. The van der Waals surface area contributed by atoms with Crippen LogP contribution in [0.1, 0.15) is 54.2 Å². The maximum Gasteiger partial charge on any atom is 0.203 e. The van der Waals surface area contributed by atoms with Crippen molar-refractivity contribution in [3.8, 4) is 5.75 Å². The normalized spacial score (nSPS) is 14.8. The fourth-order valence-corrected chi connectivity index (χ4v) is 7.32. The molecule has 0 amide bonds. The summed E-state index contributed by atoms with van der Waals surface area (Å²) in [5.74, 6) is 0.929. The average Bonchev–Trinajstić information content (AvgIpc) is 3.18. The number of carbonyl (C=O) groups excluding carboxylic acids is 1. The third-order valence-corrected chi connectivity index (χ3v) is 10.6. The minimum atomic E-state index is -0.181. The van der Waals surface area contributed by atoms with Crippen LogP contribution in [0.5, 0.6) is 5.75 Å². The van der Waals surface area contributed by atoms with E-state index in [0.29, 0.717) is 24.3 Å². The Bertz CT molecular complexity index is 1540. The number of benzene rings is 3. The third-order valence-electron chi connectivity index (χ3n) is 7.43. The number of ketones is 1. The molecule has 0 bridgehead atoms. The van der Waals surface area contributed by atoms with Crippen molar-refractivity contribution in [3.63, 3.8) is 0 Å². The Hall–Kier alpha value is -2.90. The van der Waals surface area contributed by atoms with Gasteiger partial charge in [0, 0.05) is 23.1 Å². The smallest absolute Gasteiger partial charge is 0.203 e. The SMILES string of the molecule is CSC1(SC)CCOc2c(C(C)(C)C)cc(C(=O)Cn3c(=N)n(Cc4ccccc4)c4ccccc43)cc21. The number of fused-ring (bicyclic) bond motifs is 2. The Labute approximate surface area is 233 Å². The second-order valence-corrected chi connectivity index (χ2v) is 13.3. The van der Waals surface area contributed by atoms with Gasteiger partial charge in [0.1, 0.15) is 5.75 Å². The van der Waals surface area contributed by atoms with Crippen molar-refractivity contribution in [2.75, 3.05) is 19.1 Å². The molecule has 1 N–H and O–H groups in total. The molecule has 0 unspecified atom stereocenters. The number of nitrogens with one attached hydrogen (secondary N) is 1. The molecule has 0 atom stereocenters. The van der Waals surface area contributed by atoms with E-state index in [1.54, 1.807) is 0 Å². The summed E-state index contributed by atoms with van der Waals surface area (Å²) in [6.45, 7) is 7.86. The molecule has 0 radical (unpaired) electrons. The standard InChI is InChI=1S/C31H35N3O2S2/c1-30(2,3)23-17-22(18-24-28(23)36-16-15-31(24,37-4)38-5)27(35)20-34-26-14-10-9-13-25(26)33(29(34)32)19-21-11-7-6-8-12-21/h6-14,17-18,32H,15-16,19-20H2,1-5H3. The molecular weight excluding hydrogens is 510 g/mol. The Morgan fingerprint density at radius 1 is 0.974 bits per heavy atom. The Morgan fingerprint density at radius 2 is 1.61 bits per heavy atom. The fraction of sp³-hybridized carbons (Fsp3) is 0.355. The lowest BCUT2D eigenvalue weighted by atomic mass is 9.82. The zero-order valence-electron chi connectivity index (χ0n) is 22.7. The summed E-state index contributed by atoms with van der Waals surface area (Å²) in [7, 11) is 0. The van der Waals surface area contributed by atoms with E-state index in [2.05, 4.69) is 45.4 Å². The van der Waals surface area contributed by atoms with Crippen molar-refractivity contribution in [1.82, 2.24) is 9.13 Å². The number of imidazole rings is 1. The van der Waals surface area contributed by atoms with E-state index in [9.17, 15) is 4.79 Å². The lowest BCUT2D eigenvalue weighted by Crippen LogP contribution is -2.30. The molecule has 4 aromatic rings. The van der Waals surface area contributed by atoms with Gasteiger partial charge >= 0.3 is 0 Å². The number of aromatic nitrogens is 2. The molecule has 5 rings (SSSR count). The molecule has 1 aliphatic rings. The first-order chi connectivity index (χ1) is 18.2. The van der Waals surface area contributed by atoms with E-state index in [4.69, 9.17) is 10.1 Å². The van der Waals surface area contributed by atoms with Crippen LogP contribution in [-0.4, -0.2) is 34.0 Å². The number of Topliss-reactive ketones (excluding diaryl/α,β-unsaturated/α-hetero) is 1. The van der Waals surface area contributed by atoms with Crippen molar-refractivity contribution in [2.24, 2.45) is 0 Å². The molecule has 3 aromatic carbocycles. The van der Waals surface area contributed by atoms with Gasteiger partial charge in [-0.15, -0.1) is 23.5 Å². The molecule has 0 fully saturated rings. The molecule has 38 heavy (non-hydrogen) atoms. The van der Waals surface area contributed by atoms with Gasteiger partial charge < -0.3 is 13.9 Å². The number of ether oxygens (including phenoxy) is 1. The summed E-state index contributed by atoms with van der Waals surface area (Å²) in [6, 6.07) is 22.2. The Kier molecular flexibility index (Phi) is 7.27. The van der Waals surface area contributed by atoms with Crippen LogP contribution >= 0.6 is 23.5 Å². The largest absolute Gasteiger partial charge is 0.493 e. The van der Waals surface area contributed by atoms with Crippen LogP contribution in [0.25, 0.3) is 11.0 Å². The topological polar surface area (TPSA) is 60.0 Å². The fourth-order valence-electron chi connectivity index (χ4n) is 5.33. The number of rotatable bonds is 7. The zero-order chi connectivity index (χ0) is 27.1. The highest BCUT2D eigenvalue weighted by molar-refractivity contribution is 8.16. The van der Waals surface area contributed by atoms with E-state index in [-0.39, 0.29) is 21.8 Å². The molecule has 0 saturated heterocycles. The van der Waals surface area contributed by atoms with Crippen molar-refractivity contribution in [1.29, 1.82) is 5.41 Å². The van der Waals surface area contributed by atoms with Crippen molar-refractivity contribution >= 4 is 40.3 Å². The van der Waals surface area contributed by atoms with Gasteiger partial charge in [-0.2, -0.15) is 0 Å². The van der Waals surface area contributed by atoms with Crippen LogP contribution in [0, 0.1) is 5.41 Å². The second-order valence-electron chi connectivity index (χ2n) is 10.8. The summed E-state index contributed by atoms with van der Waals surface area (Å²) in [4.78, 5) is 14.0. The van der Waals surface area contributed by atoms with E-state index in [0.717, 1.165) is 39.9 Å². The quantitative estimate of drug-likeness (QED) is 0.205. The van der Waals surface area contributed by atoms with Gasteiger partial charge in [0.25, 0.3) is 0 Å². The molecule has 0 saturated carbocycles. The van der Waals surface area contributed by atoms with Crippen molar-refractivity contribution in [3.05, 3.63) is 94.6 Å². The lowest BCUT2D eigenvalue weighted by Gasteiger charge is -2.39. The van der Waals surface area contributed by atoms with Crippen molar-refractivity contribution < 1.29 is 9.53 Å². The van der Waals surface area contributed by atoms with E-state index >= 15 is 0 Å². The molecule has 5 nitrogen and oxygen atoms in total. The van der Waals surface area contributed by atoms with E-state index in [1.165, 1.54) is 0 Å². The van der Waals surface area contributed by atoms with E-state index in [1.807, 2.05) is 87.3 Å². The number of nitrogens with zero attached hydrogens (tertiary/aromatic N) is 2. The lowest BCUT2D eigenvalue weighted by molar-refractivity contribution is 0.0971. The molecule has 0 spiro atoms. The second kappa shape index (κ2) is 10.3. The first-order valence-corrected chi connectivity index (χ1v) is 15.4. The third kappa shape index (κ3) is 4.71. The molecule has 1 aromatic heterocycles. The number of para-hydroxylation sites is 2. The van der Waals surface area contributed by atoms with Crippen LogP contribution in [0.2, 0.25) is 0 Å². The zero-order valence-corrected chi connectivity index (χ0v) is 24.3. The predicted octanol–water partition coefficient (Wildman–Crippen LogP) is 6.81. The van der Waals surface area contributed by atoms with Crippen LogP contribution in [-0.2, 0) is 22.6 Å². The molecule has 0 aliphatic carbocycles. The summed E-state index contributed by atoms with van der Waals surface area (Å²) in [6.07, 6.45) is 5.17. The van der Waals surface area contributed by atoms with E-state index < -0.39 is 0 Å². The van der Waals surface area contributed by atoms with Gasteiger partial charge in [-0.3, -0.25) is 10.2 Å². The summed E-state index contributed by atoms with van der Waals surface area (Å²) < 4.78 is 9.92. The highest BCUT2D eigenvalue weighted by atomic mass is 32.2. The molecule has 2 heterocycles. The molecular formula is C31H35N3O2S2. The molecule has 198 valence electrons. The number of hydrogen-bond donors (Lipinski definition) is 1.